The fourth-order valence-corrected chi connectivity index (χ4v) is 4.14. The fraction of sp³-hybridized carbons (Fsp3) is 0.526. The van der Waals surface area contributed by atoms with Gasteiger partial charge in [-0.15, -0.1) is 0 Å². The first-order chi connectivity index (χ1) is 12.3. The van der Waals surface area contributed by atoms with E-state index in [1.54, 1.807) is 36.1 Å². The number of hydrogen-bond donors (Lipinski definition) is 1. The van der Waals surface area contributed by atoms with Gasteiger partial charge >= 0.3 is 5.97 Å². The number of rotatable bonds is 3. The number of benzene rings is 1. The molecule has 0 radical (unpaired) electrons. The highest BCUT2D eigenvalue weighted by Crippen LogP contribution is 2.41. The Morgan fingerprint density at radius 1 is 1.19 bits per heavy atom. The molecule has 1 aromatic rings. The van der Waals surface area contributed by atoms with Gasteiger partial charge in [0.05, 0.1) is 10.6 Å². The number of carbonyl (C=O) groups is 3. The quantitative estimate of drug-likeness (QED) is 0.877. The fourth-order valence-electron chi connectivity index (χ4n) is 3.93. The van der Waals surface area contributed by atoms with Crippen molar-refractivity contribution in [2.45, 2.75) is 38.6 Å². The van der Waals surface area contributed by atoms with Gasteiger partial charge in [-0.05, 0) is 43.7 Å². The zero-order chi connectivity index (χ0) is 18.9. The number of carboxylic acids is 1. The van der Waals surface area contributed by atoms with E-state index in [9.17, 15) is 19.5 Å². The van der Waals surface area contributed by atoms with Crippen LogP contribution in [0.15, 0.2) is 24.3 Å². The predicted molar refractivity (Wildman–Crippen MR) is 97.1 cm³/mol. The summed E-state index contributed by atoms with van der Waals surface area (Å²) in [7, 11) is 0. The molecular formula is C19H23ClN2O4. The van der Waals surface area contributed by atoms with Crippen LogP contribution in [0.4, 0.5) is 0 Å². The number of likely N-dealkylation sites (tertiary alicyclic amines) is 2. The van der Waals surface area contributed by atoms with Crippen molar-refractivity contribution in [3.63, 3.8) is 0 Å². The third-order valence-corrected chi connectivity index (χ3v) is 6.07. The van der Waals surface area contributed by atoms with Crippen molar-refractivity contribution in [3.8, 4) is 0 Å². The minimum atomic E-state index is -0.985. The summed E-state index contributed by atoms with van der Waals surface area (Å²) < 4.78 is 0. The summed E-state index contributed by atoms with van der Waals surface area (Å²) in [6.07, 6.45) is 2.65. The predicted octanol–water partition coefficient (Wildman–Crippen LogP) is 2.66. The number of hydrogen-bond acceptors (Lipinski definition) is 3. The molecule has 6 nitrogen and oxygen atoms in total. The summed E-state index contributed by atoms with van der Waals surface area (Å²) in [5.74, 6) is -1.16. The molecule has 0 aromatic heterocycles. The second-order valence-corrected chi connectivity index (χ2v) is 7.72. The van der Waals surface area contributed by atoms with Gasteiger partial charge in [-0.3, -0.25) is 9.59 Å². The molecule has 2 fully saturated rings. The zero-order valence-electron chi connectivity index (χ0n) is 14.8. The van der Waals surface area contributed by atoms with Gasteiger partial charge in [0.25, 0.3) is 5.91 Å². The molecule has 140 valence electrons. The monoisotopic (exact) mass is 378 g/mol. The third-order valence-electron chi connectivity index (χ3n) is 5.74. The maximum atomic E-state index is 12.7. The van der Waals surface area contributed by atoms with Crippen LogP contribution in [-0.4, -0.2) is 58.4 Å². The van der Waals surface area contributed by atoms with Crippen LogP contribution in [0.25, 0.3) is 0 Å². The molecule has 1 aromatic carbocycles. The minimum Gasteiger partial charge on any atom is -0.480 e. The van der Waals surface area contributed by atoms with E-state index in [0.717, 1.165) is 19.3 Å². The first-order valence-corrected chi connectivity index (χ1v) is 9.27. The largest absolute Gasteiger partial charge is 0.480 e. The molecule has 0 aliphatic carbocycles. The molecule has 2 amide bonds. The van der Waals surface area contributed by atoms with Crippen molar-refractivity contribution in [1.29, 1.82) is 0 Å². The Kier molecular flexibility index (Phi) is 5.23. The first-order valence-electron chi connectivity index (χ1n) is 8.89. The molecule has 2 heterocycles. The number of aliphatic carboxylic acids is 1. The van der Waals surface area contributed by atoms with Crippen LogP contribution in [0.3, 0.4) is 0 Å². The average molecular weight is 379 g/mol. The molecular weight excluding hydrogens is 356 g/mol. The Balaban J connectivity index is 1.67. The Hall–Kier alpha value is -2.08. The topological polar surface area (TPSA) is 77.9 Å². The highest BCUT2D eigenvalue weighted by atomic mass is 35.5. The van der Waals surface area contributed by atoms with Crippen molar-refractivity contribution in [2.75, 3.05) is 19.6 Å². The minimum absolute atomic E-state index is 0.0758. The van der Waals surface area contributed by atoms with Crippen LogP contribution >= 0.6 is 11.6 Å². The number of halogens is 1. The zero-order valence-corrected chi connectivity index (χ0v) is 15.5. The Labute approximate surface area is 157 Å². The summed E-state index contributed by atoms with van der Waals surface area (Å²) in [5.41, 5.74) is 0.402. The number of carbonyl (C=O) groups excluding carboxylic acids is 2. The van der Waals surface area contributed by atoms with Crippen LogP contribution < -0.4 is 0 Å². The van der Waals surface area contributed by atoms with Crippen molar-refractivity contribution in [1.82, 2.24) is 9.80 Å². The maximum absolute atomic E-state index is 12.7. The normalized spacial score (nSPS) is 20.9. The van der Waals surface area contributed by atoms with E-state index in [1.807, 2.05) is 0 Å². The Bertz CT molecular complexity index is 728. The highest BCUT2D eigenvalue weighted by Gasteiger charge is 2.44. The van der Waals surface area contributed by atoms with Crippen LogP contribution in [0.1, 0.15) is 43.0 Å². The van der Waals surface area contributed by atoms with Crippen molar-refractivity contribution in [3.05, 3.63) is 34.9 Å². The molecule has 2 saturated heterocycles. The molecule has 2 aliphatic rings. The number of nitrogens with zero attached hydrogens (tertiary/aromatic N) is 2. The smallest absolute Gasteiger partial charge is 0.326 e. The summed E-state index contributed by atoms with van der Waals surface area (Å²) in [5, 5.41) is 9.69. The van der Waals surface area contributed by atoms with Gasteiger partial charge in [0.2, 0.25) is 5.91 Å². The molecule has 2 aliphatic heterocycles. The lowest BCUT2D eigenvalue weighted by atomic mass is 9.72. The second kappa shape index (κ2) is 7.27. The van der Waals surface area contributed by atoms with Gasteiger partial charge in [-0.2, -0.15) is 0 Å². The van der Waals surface area contributed by atoms with Crippen molar-refractivity contribution < 1.29 is 19.5 Å². The van der Waals surface area contributed by atoms with Gasteiger partial charge in [0.1, 0.15) is 6.04 Å². The van der Waals surface area contributed by atoms with E-state index in [4.69, 9.17) is 11.6 Å². The lowest BCUT2D eigenvalue weighted by Crippen LogP contribution is -2.55. The van der Waals surface area contributed by atoms with E-state index in [0.29, 0.717) is 36.6 Å². The van der Waals surface area contributed by atoms with Crippen LogP contribution in [0.2, 0.25) is 5.02 Å². The standard InChI is InChI=1S/C19H23ClN2O4/c1-13(18(25)26)22-12-19(7-6-16(22)23)8-10-21(11-9-19)17(24)14-4-2-3-5-15(14)20/h2-5,13H,6-12H2,1H3,(H,25,26)/t13-/m1/s1. The van der Waals surface area contributed by atoms with E-state index >= 15 is 0 Å². The number of piperidine rings is 2. The van der Waals surface area contributed by atoms with Crippen LogP contribution in [0, 0.1) is 5.41 Å². The van der Waals surface area contributed by atoms with E-state index in [-0.39, 0.29) is 17.2 Å². The van der Waals surface area contributed by atoms with Gasteiger partial charge in [0.15, 0.2) is 0 Å². The average Bonchev–Trinajstić information content (AvgIpc) is 2.64. The molecule has 26 heavy (non-hydrogen) atoms. The van der Waals surface area contributed by atoms with Crippen molar-refractivity contribution >= 4 is 29.4 Å². The third kappa shape index (κ3) is 3.56. The van der Waals surface area contributed by atoms with E-state index in [1.165, 1.54) is 4.90 Å². The van der Waals surface area contributed by atoms with Gasteiger partial charge in [0, 0.05) is 26.1 Å². The van der Waals surface area contributed by atoms with E-state index < -0.39 is 12.0 Å². The molecule has 1 spiro atoms. The summed E-state index contributed by atoms with van der Waals surface area (Å²) in [6, 6.07) is 6.20. The number of carboxylic acid groups (broad SMARTS) is 1. The molecule has 0 saturated carbocycles. The van der Waals surface area contributed by atoms with Crippen LogP contribution in [0.5, 0.6) is 0 Å². The summed E-state index contributed by atoms with van der Waals surface area (Å²) in [4.78, 5) is 39.4. The lowest BCUT2D eigenvalue weighted by Gasteiger charge is -2.48. The van der Waals surface area contributed by atoms with Gasteiger partial charge in [-0.25, -0.2) is 4.79 Å². The molecule has 0 bridgehead atoms. The molecule has 7 heteroatoms. The number of amides is 2. The van der Waals surface area contributed by atoms with Crippen LogP contribution in [-0.2, 0) is 9.59 Å². The molecule has 3 rings (SSSR count). The van der Waals surface area contributed by atoms with Crippen molar-refractivity contribution in [2.24, 2.45) is 5.41 Å². The van der Waals surface area contributed by atoms with Gasteiger partial charge in [-0.1, -0.05) is 23.7 Å². The first kappa shape index (κ1) is 18.7. The van der Waals surface area contributed by atoms with Gasteiger partial charge < -0.3 is 14.9 Å². The Morgan fingerprint density at radius 3 is 2.46 bits per heavy atom. The maximum Gasteiger partial charge on any atom is 0.326 e. The SMILES string of the molecule is C[C@H](C(=O)O)N1CC2(CCC1=O)CCN(C(=O)c1ccccc1Cl)CC2. The Morgan fingerprint density at radius 2 is 1.85 bits per heavy atom. The lowest BCUT2D eigenvalue weighted by molar-refractivity contribution is -0.154. The second-order valence-electron chi connectivity index (χ2n) is 7.31. The molecule has 1 N–H and O–H groups in total. The summed E-state index contributed by atoms with van der Waals surface area (Å²) in [6.45, 7) is 3.18. The molecule has 0 unspecified atom stereocenters. The molecule has 1 atom stereocenters. The summed E-state index contributed by atoms with van der Waals surface area (Å²) >= 11 is 6.13. The highest BCUT2D eigenvalue weighted by molar-refractivity contribution is 6.33. The van der Waals surface area contributed by atoms with E-state index in [2.05, 4.69) is 0 Å².